The topological polar surface area (TPSA) is 92.2 Å². The largest absolute Gasteiger partial charge is 0.480 e. The zero-order valence-corrected chi connectivity index (χ0v) is 14.0. The van der Waals surface area contributed by atoms with Crippen LogP contribution in [0.2, 0.25) is 0 Å². The standard InChI is InChI=1S/C18H21N3O3/c1-11(2)16-14(10-19-12(3)20-16)17(22)21-15(18(23)24)9-13-7-5-4-6-8-13/h4-8,10-11,15H,9H2,1-3H3,(H,21,22)(H,23,24). The normalized spacial score (nSPS) is 12.0. The smallest absolute Gasteiger partial charge is 0.326 e. The number of carboxylic acids is 1. The van der Waals surface area contributed by atoms with Crippen molar-refractivity contribution in [2.24, 2.45) is 0 Å². The van der Waals surface area contributed by atoms with Crippen LogP contribution < -0.4 is 5.32 Å². The van der Waals surface area contributed by atoms with Crippen molar-refractivity contribution < 1.29 is 14.7 Å². The molecule has 0 aliphatic carbocycles. The van der Waals surface area contributed by atoms with Gasteiger partial charge in [0.05, 0.1) is 11.3 Å². The van der Waals surface area contributed by atoms with E-state index in [1.165, 1.54) is 6.20 Å². The van der Waals surface area contributed by atoms with Gasteiger partial charge < -0.3 is 10.4 Å². The molecule has 0 aliphatic rings. The minimum atomic E-state index is -1.08. The number of aryl methyl sites for hydroxylation is 1. The van der Waals surface area contributed by atoms with Crippen LogP contribution >= 0.6 is 0 Å². The lowest BCUT2D eigenvalue weighted by molar-refractivity contribution is -0.139. The van der Waals surface area contributed by atoms with Crippen molar-refractivity contribution in [3.8, 4) is 0 Å². The number of carbonyl (C=O) groups excluding carboxylic acids is 1. The molecule has 1 unspecified atom stereocenters. The zero-order chi connectivity index (χ0) is 17.7. The zero-order valence-electron chi connectivity index (χ0n) is 14.0. The van der Waals surface area contributed by atoms with E-state index >= 15 is 0 Å². The van der Waals surface area contributed by atoms with Gasteiger partial charge in [-0.1, -0.05) is 44.2 Å². The van der Waals surface area contributed by atoms with Crippen LogP contribution in [0.15, 0.2) is 36.5 Å². The number of hydrogen-bond acceptors (Lipinski definition) is 4. The first kappa shape index (κ1) is 17.6. The Morgan fingerprint density at radius 1 is 1.21 bits per heavy atom. The molecule has 0 bridgehead atoms. The van der Waals surface area contributed by atoms with Crippen molar-refractivity contribution in [3.05, 3.63) is 59.2 Å². The first-order valence-electron chi connectivity index (χ1n) is 7.79. The van der Waals surface area contributed by atoms with E-state index in [9.17, 15) is 14.7 Å². The summed E-state index contributed by atoms with van der Waals surface area (Å²) in [5.41, 5.74) is 1.77. The molecule has 0 aliphatic heterocycles. The van der Waals surface area contributed by atoms with Crippen molar-refractivity contribution in [3.63, 3.8) is 0 Å². The van der Waals surface area contributed by atoms with Crippen LogP contribution in [0.25, 0.3) is 0 Å². The summed E-state index contributed by atoms with van der Waals surface area (Å²) >= 11 is 0. The molecule has 126 valence electrons. The van der Waals surface area contributed by atoms with Gasteiger partial charge in [-0.05, 0) is 18.4 Å². The molecule has 1 aromatic carbocycles. The second-order valence-electron chi connectivity index (χ2n) is 5.92. The number of aromatic nitrogens is 2. The van der Waals surface area contributed by atoms with E-state index in [2.05, 4.69) is 15.3 Å². The predicted molar refractivity (Wildman–Crippen MR) is 89.9 cm³/mol. The summed E-state index contributed by atoms with van der Waals surface area (Å²) in [4.78, 5) is 32.4. The summed E-state index contributed by atoms with van der Waals surface area (Å²) in [5, 5.41) is 12.0. The molecule has 2 rings (SSSR count). The van der Waals surface area contributed by atoms with E-state index in [-0.39, 0.29) is 12.3 Å². The van der Waals surface area contributed by atoms with Crippen molar-refractivity contribution in [1.29, 1.82) is 0 Å². The number of nitrogens with zero attached hydrogens (tertiary/aromatic N) is 2. The molecule has 0 saturated carbocycles. The lowest BCUT2D eigenvalue weighted by atomic mass is 10.0. The molecule has 0 spiro atoms. The predicted octanol–water partition coefficient (Wildman–Crippen LogP) is 2.33. The Labute approximate surface area is 141 Å². The molecule has 6 nitrogen and oxygen atoms in total. The van der Waals surface area contributed by atoms with E-state index < -0.39 is 17.9 Å². The van der Waals surface area contributed by atoms with Gasteiger partial charge in [-0.2, -0.15) is 0 Å². The van der Waals surface area contributed by atoms with Gasteiger partial charge in [0.1, 0.15) is 11.9 Å². The third kappa shape index (κ3) is 4.38. The van der Waals surface area contributed by atoms with Gasteiger partial charge in [-0.15, -0.1) is 0 Å². The first-order valence-corrected chi connectivity index (χ1v) is 7.79. The lowest BCUT2D eigenvalue weighted by Crippen LogP contribution is -2.42. The highest BCUT2D eigenvalue weighted by atomic mass is 16.4. The molecule has 6 heteroatoms. The van der Waals surface area contributed by atoms with Gasteiger partial charge in [-0.25, -0.2) is 14.8 Å². The van der Waals surface area contributed by atoms with Gasteiger partial charge in [0, 0.05) is 12.6 Å². The highest BCUT2D eigenvalue weighted by molar-refractivity contribution is 5.97. The number of nitrogens with one attached hydrogen (secondary N) is 1. The molecule has 1 aromatic heterocycles. The second kappa shape index (κ2) is 7.68. The van der Waals surface area contributed by atoms with Crippen LogP contribution in [0.5, 0.6) is 0 Å². The molecule has 0 fully saturated rings. The molecule has 1 amide bonds. The number of rotatable bonds is 6. The fourth-order valence-electron chi connectivity index (χ4n) is 2.39. The number of carboxylic acid groups (broad SMARTS) is 1. The fourth-order valence-corrected chi connectivity index (χ4v) is 2.39. The Hall–Kier alpha value is -2.76. The third-order valence-corrected chi connectivity index (χ3v) is 3.62. The first-order chi connectivity index (χ1) is 11.4. The number of benzene rings is 1. The quantitative estimate of drug-likeness (QED) is 0.849. The minimum absolute atomic E-state index is 0.0323. The molecule has 2 aromatic rings. The minimum Gasteiger partial charge on any atom is -0.480 e. The van der Waals surface area contributed by atoms with Gasteiger partial charge >= 0.3 is 5.97 Å². The highest BCUT2D eigenvalue weighted by Crippen LogP contribution is 2.17. The molecule has 1 atom stereocenters. The second-order valence-corrected chi connectivity index (χ2v) is 5.92. The molecule has 0 saturated heterocycles. The maximum absolute atomic E-state index is 12.5. The SMILES string of the molecule is Cc1ncc(C(=O)NC(Cc2ccccc2)C(=O)O)c(C(C)C)n1. The monoisotopic (exact) mass is 327 g/mol. The van der Waals surface area contributed by atoms with Crippen LogP contribution in [-0.2, 0) is 11.2 Å². The average Bonchev–Trinajstić information content (AvgIpc) is 2.54. The summed E-state index contributed by atoms with van der Waals surface area (Å²) in [7, 11) is 0. The van der Waals surface area contributed by atoms with Crippen molar-refractivity contribution in [2.75, 3.05) is 0 Å². The van der Waals surface area contributed by atoms with Gasteiger partial charge in [-0.3, -0.25) is 4.79 Å². The summed E-state index contributed by atoms with van der Waals surface area (Å²) in [6.45, 7) is 5.61. The molecular weight excluding hydrogens is 306 g/mol. The van der Waals surface area contributed by atoms with Crippen LogP contribution in [0.3, 0.4) is 0 Å². The molecular formula is C18H21N3O3. The summed E-state index contributed by atoms with van der Waals surface area (Å²) in [5.74, 6) is -0.937. The highest BCUT2D eigenvalue weighted by Gasteiger charge is 2.24. The number of amides is 1. The molecule has 0 radical (unpaired) electrons. The maximum atomic E-state index is 12.5. The van der Waals surface area contributed by atoms with Crippen LogP contribution in [0, 0.1) is 6.92 Å². The van der Waals surface area contributed by atoms with Gasteiger partial charge in [0.15, 0.2) is 0 Å². The fraction of sp³-hybridized carbons (Fsp3) is 0.333. The van der Waals surface area contributed by atoms with Crippen LogP contribution in [0.4, 0.5) is 0 Å². The van der Waals surface area contributed by atoms with E-state index in [1.807, 2.05) is 44.2 Å². The maximum Gasteiger partial charge on any atom is 0.326 e. The van der Waals surface area contributed by atoms with Crippen LogP contribution in [0.1, 0.15) is 47.2 Å². The van der Waals surface area contributed by atoms with E-state index in [0.29, 0.717) is 17.1 Å². The summed E-state index contributed by atoms with van der Waals surface area (Å²) in [6.07, 6.45) is 1.67. The average molecular weight is 327 g/mol. The van der Waals surface area contributed by atoms with E-state index in [1.54, 1.807) is 6.92 Å². The lowest BCUT2D eigenvalue weighted by Gasteiger charge is -2.17. The van der Waals surface area contributed by atoms with E-state index in [4.69, 9.17) is 0 Å². The number of aliphatic carboxylic acids is 1. The van der Waals surface area contributed by atoms with Crippen LogP contribution in [-0.4, -0.2) is 33.0 Å². The van der Waals surface area contributed by atoms with Crippen molar-refractivity contribution in [1.82, 2.24) is 15.3 Å². The Kier molecular flexibility index (Phi) is 5.63. The molecule has 24 heavy (non-hydrogen) atoms. The van der Waals surface area contributed by atoms with E-state index in [0.717, 1.165) is 5.56 Å². The molecule has 2 N–H and O–H groups in total. The van der Waals surface area contributed by atoms with Crippen molar-refractivity contribution in [2.45, 2.75) is 39.2 Å². The Bertz CT molecular complexity index is 730. The van der Waals surface area contributed by atoms with Gasteiger partial charge in [0.2, 0.25) is 0 Å². The van der Waals surface area contributed by atoms with Crippen molar-refractivity contribution >= 4 is 11.9 Å². The molecule has 1 heterocycles. The number of hydrogen-bond donors (Lipinski definition) is 2. The third-order valence-electron chi connectivity index (χ3n) is 3.62. The van der Waals surface area contributed by atoms with Gasteiger partial charge in [0.25, 0.3) is 5.91 Å². The summed E-state index contributed by atoms with van der Waals surface area (Å²) < 4.78 is 0. The Morgan fingerprint density at radius 3 is 2.46 bits per heavy atom. The number of carbonyl (C=O) groups is 2. The Morgan fingerprint density at radius 2 is 1.88 bits per heavy atom. The Balaban J connectivity index is 2.21. The summed E-state index contributed by atoms with van der Waals surface area (Å²) in [6, 6.07) is 8.17.